The Morgan fingerprint density at radius 3 is 2.37 bits per heavy atom. The molecule has 2 fully saturated rings. The average molecular weight is 535 g/mol. The van der Waals surface area contributed by atoms with Crippen molar-refractivity contribution in [2.24, 2.45) is 17.3 Å². The first-order valence-electron chi connectivity index (χ1n) is 13.9. The van der Waals surface area contributed by atoms with E-state index in [0.717, 1.165) is 50.9 Å². The van der Waals surface area contributed by atoms with Gasteiger partial charge in [0.15, 0.2) is 0 Å². The quantitative estimate of drug-likeness (QED) is 0.404. The van der Waals surface area contributed by atoms with E-state index in [0.29, 0.717) is 56.7 Å². The molecule has 1 saturated heterocycles. The third-order valence-electron chi connectivity index (χ3n) is 8.86. The third-order valence-corrected chi connectivity index (χ3v) is 8.86. The lowest BCUT2D eigenvalue weighted by atomic mass is 9.49. The van der Waals surface area contributed by atoms with E-state index in [1.54, 1.807) is 4.90 Å². The molecule has 2 unspecified atom stereocenters. The van der Waals surface area contributed by atoms with Gasteiger partial charge in [-0.15, -0.1) is 0 Å². The number of anilines is 1. The highest BCUT2D eigenvalue weighted by atomic mass is 19.4. The average Bonchev–Trinajstić information content (AvgIpc) is 2.89. The summed E-state index contributed by atoms with van der Waals surface area (Å²) >= 11 is 0. The van der Waals surface area contributed by atoms with Crippen molar-refractivity contribution in [1.82, 2.24) is 14.7 Å². The molecule has 0 radical (unpaired) electrons. The van der Waals surface area contributed by atoms with Crippen LogP contribution in [0.2, 0.25) is 0 Å². The number of unbranched alkanes of at least 4 members (excludes halogenated alkanes) is 1. The molecule has 6 nitrogen and oxygen atoms in total. The highest BCUT2D eigenvalue weighted by molar-refractivity contribution is 5.89. The Morgan fingerprint density at radius 2 is 1.79 bits per heavy atom. The van der Waals surface area contributed by atoms with E-state index in [-0.39, 0.29) is 17.4 Å². The molecule has 9 heteroatoms. The molecular formula is C29H41F3N4O2. The second kappa shape index (κ2) is 11.7. The lowest BCUT2D eigenvalue weighted by molar-refractivity contribution is -0.137. The maximum absolute atomic E-state index is 13.4. The summed E-state index contributed by atoms with van der Waals surface area (Å²) in [6.07, 6.45) is 2.56. The van der Waals surface area contributed by atoms with Crippen LogP contribution in [0, 0.1) is 17.3 Å². The van der Waals surface area contributed by atoms with Crippen LogP contribution in [0.25, 0.3) is 0 Å². The first-order chi connectivity index (χ1) is 18.0. The van der Waals surface area contributed by atoms with E-state index in [2.05, 4.69) is 37.1 Å². The van der Waals surface area contributed by atoms with Crippen LogP contribution in [0.5, 0.6) is 0 Å². The second-order valence-electron chi connectivity index (χ2n) is 11.6. The minimum Gasteiger partial charge on any atom is -0.340 e. The van der Waals surface area contributed by atoms with E-state index in [4.69, 9.17) is 0 Å². The van der Waals surface area contributed by atoms with Gasteiger partial charge in [-0.25, -0.2) is 4.79 Å². The van der Waals surface area contributed by atoms with E-state index in [1.807, 2.05) is 4.90 Å². The Hall–Kier alpha value is -2.55. The molecular weight excluding hydrogens is 493 g/mol. The predicted molar refractivity (Wildman–Crippen MR) is 143 cm³/mol. The number of amides is 3. The van der Waals surface area contributed by atoms with Crippen molar-refractivity contribution in [3.63, 3.8) is 0 Å². The van der Waals surface area contributed by atoms with Crippen LogP contribution in [0.4, 0.5) is 23.7 Å². The number of nitrogens with zero attached hydrogens (tertiary/aromatic N) is 3. The maximum atomic E-state index is 13.4. The number of urea groups is 1. The number of alkyl halides is 3. The summed E-state index contributed by atoms with van der Waals surface area (Å²) < 4.78 is 38.8. The van der Waals surface area contributed by atoms with Crippen molar-refractivity contribution in [3.8, 4) is 0 Å². The minimum absolute atomic E-state index is 0.217. The molecule has 5 rings (SSSR count). The number of benzene rings is 1. The van der Waals surface area contributed by atoms with E-state index in [9.17, 15) is 22.8 Å². The second-order valence-corrected chi connectivity index (χ2v) is 11.6. The van der Waals surface area contributed by atoms with Crippen LogP contribution in [-0.2, 0) is 11.0 Å². The fourth-order valence-electron chi connectivity index (χ4n) is 6.04. The molecule has 210 valence electrons. The van der Waals surface area contributed by atoms with Gasteiger partial charge in [0.2, 0.25) is 5.91 Å². The summed E-state index contributed by atoms with van der Waals surface area (Å²) in [6, 6.07) is 4.27. The number of piperazine rings is 1. The molecule has 0 spiro atoms. The lowest BCUT2D eigenvalue weighted by Crippen LogP contribution is -2.52. The fourth-order valence-corrected chi connectivity index (χ4v) is 6.04. The van der Waals surface area contributed by atoms with Crippen LogP contribution in [0.3, 0.4) is 0 Å². The van der Waals surface area contributed by atoms with E-state index >= 15 is 0 Å². The van der Waals surface area contributed by atoms with Crippen LogP contribution in [0.1, 0.15) is 58.4 Å². The van der Waals surface area contributed by atoms with Crippen LogP contribution >= 0.6 is 0 Å². The van der Waals surface area contributed by atoms with Gasteiger partial charge < -0.3 is 15.1 Å². The fraction of sp³-hybridized carbons (Fsp3) is 0.655. The number of carbonyl (C=O) groups is 2. The van der Waals surface area contributed by atoms with Gasteiger partial charge in [-0.2, -0.15) is 13.2 Å². The molecule has 38 heavy (non-hydrogen) atoms. The van der Waals surface area contributed by atoms with Gasteiger partial charge in [0.1, 0.15) is 0 Å². The minimum atomic E-state index is -4.42. The summed E-state index contributed by atoms with van der Waals surface area (Å²) in [5.41, 5.74) is 1.12. The van der Waals surface area contributed by atoms with Crippen molar-refractivity contribution in [3.05, 3.63) is 41.5 Å². The van der Waals surface area contributed by atoms with Crippen molar-refractivity contribution in [2.75, 3.05) is 51.1 Å². The van der Waals surface area contributed by atoms with Crippen molar-refractivity contribution < 1.29 is 22.8 Å². The molecule has 4 aliphatic rings. The highest BCUT2D eigenvalue weighted by Gasteiger charge is 2.51. The van der Waals surface area contributed by atoms with Gasteiger partial charge in [0, 0.05) is 57.9 Å². The first-order valence-corrected chi connectivity index (χ1v) is 13.9. The molecule has 1 heterocycles. The monoisotopic (exact) mass is 534 g/mol. The van der Waals surface area contributed by atoms with Crippen LogP contribution in [-0.4, -0.2) is 72.5 Å². The zero-order chi connectivity index (χ0) is 27.5. The Kier molecular flexibility index (Phi) is 8.75. The smallest absolute Gasteiger partial charge is 0.340 e. The van der Waals surface area contributed by atoms with Gasteiger partial charge in [-0.05, 0) is 60.8 Å². The molecule has 2 atom stereocenters. The van der Waals surface area contributed by atoms with Crippen molar-refractivity contribution in [2.45, 2.75) is 59.1 Å². The van der Waals surface area contributed by atoms with Crippen molar-refractivity contribution >= 4 is 17.6 Å². The van der Waals surface area contributed by atoms with Gasteiger partial charge in [-0.1, -0.05) is 38.8 Å². The lowest BCUT2D eigenvalue weighted by Gasteiger charge is -2.57. The zero-order valence-corrected chi connectivity index (χ0v) is 22.8. The first kappa shape index (κ1) is 28.5. The summed E-state index contributed by atoms with van der Waals surface area (Å²) in [5, 5.41) is 2.81. The topological polar surface area (TPSA) is 55.9 Å². The molecule has 1 saturated carbocycles. The van der Waals surface area contributed by atoms with Gasteiger partial charge in [0.25, 0.3) is 0 Å². The highest BCUT2D eigenvalue weighted by Crippen LogP contribution is 2.59. The summed E-state index contributed by atoms with van der Waals surface area (Å²) in [4.78, 5) is 31.7. The molecule has 1 N–H and O–H groups in total. The molecule has 1 aromatic rings. The SMILES string of the molecule is CCCCC(=O)N1CCN(CCN(CC2=CCC3CC2C3(C)C)C(=O)Nc2ccc(C(F)(F)F)cc2)CC1. The van der Waals surface area contributed by atoms with E-state index in [1.165, 1.54) is 17.7 Å². The van der Waals surface area contributed by atoms with Gasteiger partial charge in [-0.3, -0.25) is 9.69 Å². The number of halogens is 3. The maximum Gasteiger partial charge on any atom is 0.416 e. The Balaban J connectivity index is 1.38. The van der Waals surface area contributed by atoms with Crippen LogP contribution < -0.4 is 5.32 Å². The normalized spacial score (nSPS) is 22.9. The molecule has 2 bridgehead atoms. The summed E-state index contributed by atoms with van der Waals surface area (Å²) in [5.74, 6) is 1.37. The summed E-state index contributed by atoms with van der Waals surface area (Å²) in [6.45, 7) is 11.3. The Labute approximate surface area is 224 Å². The number of fused-ring (bicyclic) bond motifs is 1. The number of hydrogen-bond acceptors (Lipinski definition) is 3. The van der Waals surface area contributed by atoms with Gasteiger partial charge >= 0.3 is 12.2 Å². The zero-order valence-electron chi connectivity index (χ0n) is 22.8. The summed E-state index contributed by atoms with van der Waals surface area (Å²) in [7, 11) is 0. The molecule has 0 aromatic heterocycles. The molecule has 1 aromatic carbocycles. The molecule has 1 aliphatic heterocycles. The number of hydrogen-bond donors (Lipinski definition) is 1. The Bertz CT molecular complexity index is 1010. The Morgan fingerprint density at radius 1 is 1.11 bits per heavy atom. The number of rotatable bonds is 9. The third kappa shape index (κ3) is 6.53. The predicted octanol–water partition coefficient (Wildman–Crippen LogP) is 5.87. The largest absolute Gasteiger partial charge is 0.416 e. The number of carbonyl (C=O) groups excluding carboxylic acids is 2. The van der Waals surface area contributed by atoms with Crippen molar-refractivity contribution in [1.29, 1.82) is 0 Å². The van der Waals surface area contributed by atoms with E-state index < -0.39 is 11.7 Å². The molecule has 3 amide bonds. The number of nitrogens with one attached hydrogen (secondary N) is 1. The number of allylic oxidation sites excluding steroid dienone is 1. The van der Waals surface area contributed by atoms with Crippen LogP contribution in [0.15, 0.2) is 35.9 Å². The molecule has 3 aliphatic carbocycles. The van der Waals surface area contributed by atoms with Gasteiger partial charge in [0.05, 0.1) is 5.56 Å². The standard InChI is InChI=1S/C29H41F3N4O2/c1-4-5-6-26(37)35-16-13-34(14-17-35)15-18-36(20-21-7-8-23-19-25(21)28(23,2)3)27(38)33-24-11-9-22(10-12-24)29(30,31)32/h7,9-12,23,25H,4-6,8,13-20H2,1-3H3,(H,33,38).